The van der Waals surface area contributed by atoms with Crippen LogP contribution in [0.25, 0.3) is 0 Å². The lowest BCUT2D eigenvalue weighted by Crippen LogP contribution is -2.45. The normalized spacial score (nSPS) is 17.9. The molecule has 1 aliphatic rings. The van der Waals surface area contributed by atoms with Crippen LogP contribution in [-0.4, -0.2) is 29.2 Å². The molecule has 6 heteroatoms. The molecule has 88 valence electrons. The van der Waals surface area contributed by atoms with Gasteiger partial charge in [-0.25, -0.2) is 9.97 Å². The van der Waals surface area contributed by atoms with E-state index in [1.807, 2.05) is 0 Å². The average molecular weight is 287 g/mol. The van der Waals surface area contributed by atoms with Gasteiger partial charge in [-0.05, 0) is 35.2 Å². The van der Waals surface area contributed by atoms with Crippen molar-refractivity contribution in [2.45, 2.75) is 24.9 Å². The maximum Gasteiger partial charge on any atom is 0.146 e. The van der Waals surface area contributed by atoms with Crippen LogP contribution in [0.1, 0.15) is 19.3 Å². The first-order chi connectivity index (χ1) is 7.67. The third kappa shape index (κ3) is 2.12. The van der Waals surface area contributed by atoms with Crippen LogP contribution in [0.4, 0.5) is 11.6 Å². The number of halogens is 1. The van der Waals surface area contributed by atoms with Gasteiger partial charge in [0.2, 0.25) is 0 Å². The van der Waals surface area contributed by atoms with Gasteiger partial charge in [0, 0.05) is 13.7 Å². The van der Waals surface area contributed by atoms with E-state index in [2.05, 4.69) is 31.2 Å². The summed E-state index contributed by atoms with van der Waals surface area (Å²) < 4.78 is 6.22. The number of ether oxygens (including phenoxy) is 1. The predicted molar refractivity (Wildman–Crippen MR) is 66.2 cm³/mol. The van der Waals surface area contributed by atoms with Crippen molar-refractivity contribution < 1.29 is 4.74 Å². The highest BCUT2D eigenvalue weighted by atomic mass is 79.9. The van der Waals surface area contributed by atoms with Crippen LogP contribution in [0.5, 0.6) is 0 Å². The summed E-state index contributed by atoms with van der Waals surface area (Å²) in [6.45, 7) is 0.749. The number of nitrogens with one attached hydrogen (secondary N) is 1. The lowest BCUT2D eigenvalue weighted by molar-refractivity contribution is -0.0601. The number of rotatable bonds is 4. The molecule has 0 saturated heterocycles. The fourth-order valence-corrected chi connectivity index (χ4v) is 2.12. The first kappa shape index (κ1) is 11.6. The number of nitrogens with two attached hydrogens (primary N) is 1. The molecule has 1 heterocycles. The standard InChI is InChI=1S/C10H15BrN4O/c1-16-10(3-2-4-10)5-13-9-7(11)8(12)14-6-15-9/h6H,2-5H2,1H3,(H3,12,13,14,15). The molecule has 5 nitrogen and oxygen atoms in total. The minimum absolute atomic E-state index is 0.0286. The minimum Gasteiger partial charge on any atom is -0.383 e. The van der Waals surface area contributed by atoms with Crippen LogP contribution in [0.2, 0.25) is 0 Å². The molecule has 3 N–H and O–H groups in total. The molecule has 1 fully saturated rings. The summed E-state index contributed by atoms with van der Waals surface area (Å²) in [4.78, 5) is 8.02. The quantitative estimate of drug-likeness (QED) is 0.883. The molecular formula is C10H15BrN4O. The fraction of sp³-hybridized carbons (Fsp3) is 0.600. The Hall–Kier alpha value is -0.880. The van der Waals surface area contributed by atoms with Crippen molar-refractivity contribution in [1.29, 1.82) is 0 Å². The molecule has 0 spiro atoms. The Labute approximate surface area is 103 Å². The average Bonchev–Trinajstić information content (AvgIpc) is 2.23. The second kappa shape index (κ2) is 4.55. The number of anilines is 2. The second-order valence-electron chi connectivity index (χ2n) is 4.02. The molecule has 0 atom stereocenters. The number of methoxy groups -OCH3 is 1. The van der Waals surface area contributed by atoms with Crippen molar-refractivity contribution in [2.75, 3.05) is 24.7 Å². The van der Waals surface area contributed by atoms with Crippen molar-refractivity contribution in [2.24, 2.45) is 0 Å². The molecule has 0 aromatic carbocycles. The van der Waals surface area contributed by atoms with Gasteiger partial charge in [0.15, 0.2) is 0 Å². The summed E-state index contributed by atoms with van der Waals surface area (Å²) in [7, 11) is 1.75. The molecule has 1 aromatic heterocycles. The van der Waals surface area contributed by atoms with E-state index in [1.165, 1.54) is 12.7 Å². The van der Waals surface area contributed by atoms with Crippen LogP contribution >= 0.6 is 15.9 Å². The van der Waals surface area contributed by atoms with Crippen LogP contribution in [0.15, 0.2) is 10.8 Å². The number of hydrogen-bond acceptors (Lipinski definition) is 5. The van der Waals surface area contributed by atoms with Crippen molar-refractivity contribution in [3.8, 4) is 0 Å². The van der Waals surface area contributed by atoms with Crippen LogP contribution < -0.4 is 11.1 Å². The lowest BCUT2D eigenvalue weighted by Gasteiger charge is -2.40. The molecule has 1 aromatic rings. The van der Waals surface area contributed by atoms with E-state index < -0.39 is 0 Å². The van der Waals surface area contributed by atoms with Gasteiger partial charge >= 0.3 is 0 Å². The summed E-state index contributed by atoms with van der Waals surface area (Å²) in [6.07, 6.45) is 4.86. The highest BCUT2D eigenvalue weighted by Gasteiger charge is 2.36. The number of hydrogen-bond donors (Lipinski definition) is 2. The first-order valence-corrected chi connectivity index (χ1v) is 6.01. The molecule has 1 saturated carbocycles. The third-order valence-electron chi connectivity index (χ3n) is 3.09. The SMILES string of the molecule is COC1(CNc2ncnc(N)c2Br)CCC1. The predicted octanol–water partition coefficient (Wildman–Crippen LogP) is 1.80. The van der Waals surface area contributed by atoms with E-state index in [4.69, 9.17) is 10.5 Å². The van der Waals surface area contributed by atoms with Gasteiger partial charge in [-0.15, -0.1) is 0 Å². The summed E-state index contributed by atoms with van der Waals surface area (Å²) >= 11 is 3.36. The Morgan fingerprint density at radius 1 is 1.56 bits per heavy atom. The van der Waals surface area contributed by atoms with Crippen LogP contribution in [-0.2, 0) is 4.74 Å². The molecule has 1 aliphatic carbocycles. The second-order valence-corrected chi connectivity index (χ2v) is 4.81. The summed E-state index contributed by atoms with van der Waals surface area (Å²) in [5, 5.41) is 3.24. The molecular weight excluding hydrogens is 272 g/mol. The molecule has 2 rings (SSSR count). The van der Waals surface area contributed by atoms with Gasteiger partial charge in [-0.3, -0.25) is 0 Å². The minimum atomic E-state index is -0.0286. The third-order valence-corrected chi connectivity index (χ3v) is 3.87. The van der Waals surface area contributed by atoms with Crippen molar-refractivity contribution in [3.63, 3.8) is 0 Å². The van der Waals surface area contributed by atoms with Gasteiger partial charge in [0.1, 0.15) is 22.4 Å². The van der Waals surface area contributed by atoms with E-state index >= 15 is 0 Å². The zero-order valence-electron chi connectivity index (χ0n) is 9.16. The topological polar surface area (TPSA) is 73.1 Å². The largest absolute Gasteiger partial charge is 0.383 e. The zero-order chi connectivity index (χ0) is 11.6. The maximum atomic E-state index is 5.67. The van der Waals surface area contributed by atoms with E-state index in [0.717, 1.165) is 25.2 Å². The Balaban J connectivity index is 2.02. The van der Waals surface area contributed by atoms with Crippen molar-refractivity contribution >= 4 is 27.6 Å². The van der Waals surface area contributed by atoms with Crippen molar-refractivity contribution in [1.82, 2.24) is 9.97 Å². The van der Waals surface area contributed by atoms with E-state index in [9.17, 15) is 0 Å². The highest BCUT2D eigenvalue weighted by Crippen LogP contribution is 2.35. The Morgan fingerprint density at radius 3 is 2.88 bits per heavy atom. The van der Waals surface area contributed by atoms with E-state index in [1.54, 1.807) is 7.11 Å². The van der Waals surface area contributed by atoms with Gasteiger partial charge in [-0.1, -0.05) is 0 Å². The molecule has 16 heavy (non-hydrogen) atoms. The van der Waals surface area contributed by atoms with Crippen LogP contribution in [0.3, 0.4) is 0 Å². The molecule has 0 unspecified atom stereocenters. The summed E-state index contributed by atoms with van der Waals surface area (Å²) in [5.41, 5.74) is 5.64. The molecule has 0 amide bonds. The van der Waals surface area contributed by atoms with Gasteiger partial charge in [0.25, 0.3) is 0 Å². The van der Waals surface area contributed by atoms with Gasteiger partial charge in [0.05, 0.1) is 5.60 Å². The first-order valence-electron chi connectivity index (χ1n) is 5.22. The van der Waals surface area contributed by atoms with Gasteiger partial charge in [-0.2, -0.15) is 0 Å². The summed E-state index contributed by atoms with van der Waals surface area (Å²) in [6, 6.07) is 0. The Kier molecular flexibility index (Phi) is 3.30. The molecule has 0 bridgehead atoms. The smallest absolute Gasteiger partial charge is 0.146 e. The number of nitrogens with zero attached hydrogens (tertiary/aromatic N) is 2. The number of aromatic nitrogens is 2. The van der Waals surface area contributed by atoms with Gasteiger partial charge < -0.3 is 15.8 Å². The summed E-state index contributed by atoms with van der Waals surface area (Å²) in [5.74, 6) is 1.16. The fourth-order valence-electron chi connectivity index (χ4n) is 1.78. The molecule has 0 radical (unpaired) electrons. The lowest BCUT2D eigenvalue weighted by atomic mass is 9.80. The van der Waals surface area contributed by atoms with E-state index in [0.29, 0.717) is 10.3 Å². The maximum absolute atomic E-state index is 5.67. The Morgan fingerprint density at radius 2 is 2.31 bits per heavy atom. The Bertz CT molecular complexity index is 376. The zero-order valence-corrected chi connectivity index (χ0v) is 10.7. The van der Waals surface area contributed by atoms with E-state index in [-0.39, 0.29) is 5.60 Å². The molecule has 0 aliphatic heterocycles. The number of nitrogen functional groups attached to an aromatic ring is 1. The van der Waals surface area contributed by atoms with Crippen LogP contribution in [0, 0.1) is 0 Å². The monoisotopic (exact) mass is 286 g/mol. The van der Waals surface area contributed by atoms with Crippen molar-refractivity contribution in [3.05, 3.63) is 10.8 Å². The highest BCUT2D eigenvalue weighted by molar-refractivity contribution is 9.10.